The molecule has 1 nitrogen and oxygen atoms in total. The van der Waals surface area contributed by atoms with Gasteiger partial charge in [-0.1, -0.05) is 65.2 Å². The summed E-state index contributed by atoms with van der Waals surface area (Å²) in [5.41, 5.74) is 1.50. The zero-order valence-electron chi connectivity index (χ0n) is 13.6. The van der Waals surface area contributed by atoms with Gasteiger partial charge in [0.2, 0.25) is 0 Å². The van der Waals surface area contributed by atoms with E-state index in [2.05, 4.69) is 32.3 Å². The van der Waals surface area contributed by atoms with Crippen molar-refractivity contribution in [2.24, 2.45) is 0 Å². The van der Waals surface area contributed by atoms with Crippen LogP contribution in [0.1, 0.15) is 84.5 Å². The SMILES string of the molecule is CCCCCCCCCCCC[NH+]1C=CC(CC)=C1.[F-]. The molecule has 0 saturated heterocycles. The number of halogens is 1. The molecule has 0 aromatic heterocycles. The summed E-state index contributed by atoms with van der Waals surface area (Å²) in [6.45, 7) is 5.81. The van der Waals surface area contributed by atoms with Gasteiger partial charge in [-0.05, 0) is 19.3 Å². The highest BCUT2D eigenvalue weighted by Gasteiger charge is 2.08. The third-order valence-corrected chi connectivity index (χ3v) is 4.11. The van der Waals surface area contributed by atoms with E-state index in [1.807, 2.05) is 0 Å². The normalized spacial score (nSPS) is 17.1. The average Bonchev–Trinajstić information content (AvgIpc) is 2.89. The van der Waals surface area contributed by atoms with Crippen molar-refractivity contribution < 1.29 is 9.60 Å². The molecule has 118 valence electrons. The van der Waals surface area contributed by atoms with Crippen molar-refractivity contribution in [3.63, 3.8) is 0 Å². The predicted octanol–water partition coefficient (Wildman–Crippen LogP) is 1.62. The van der Waals surface area contributed by atoms with Crippen LogP contribution >= 0.6 is 0 Å². The molecule has 0 bridgehead atoms. The molecule has 20 heavy (non-hydrogen) atoms. The van der Waals surface area contributed by atoms with E-state index in [-0.39, 0.29) is 4.70 Å². The fourth-order valence-electron chi connectivity index (χ4n) is 2.74. The Morgan fingerprint density at radius 3 is 1.85 bits per heavy atom. The number of hydrogen-bond acceptors (Lipinski definition) is 0. The molecule has 1 atom stereocenters. The van der Waals surface area contributed by atoms with Crippen LogP contribution in [-0.4, -0.2) is 6.54 Å². The first-order chi connectivity index (χ1) is 9.36. The molecule has 0 radical (unpaired) electrons. The van der Waals surface area contributed by atoms with Crippen LogP contribution in [0.3, 0.4) is 0 Å². The Morgan fingerprint density at radius 1 is 0.800 bits per heavy atom. The maximum absolute atomic E-state index is 2.38. The number of unbranched alkanes of at least 4 members (excludes halogenated alkanes) is 9. The Kier molecular flexibility index (Phi) is 12.9. The molecule has 1 heterocycles. The first-order valence-corrected chi connectivity index (χ1v) is 8.61. The minimum absolute atomic E-state index is 0. The third-order valence-electron chi connectivity index (χ3n) is 4.11. The van der Waals surface area contributed by atoms with Gasteiger partial charge in [-0.2, -0.15) is 0 Å². The van der Waals surface area contributed by atoms with Crippen molar-refractivity contribution in [3.8, 4) is 0 Å². The van der Waals surface area contributed by atoms with Gasteiger partial charge in [-0.15, -0.1) is 0 Å². The fraction of sp³-hybridized carbons (Fsp3) is 0.778. The molecule has 0 aromatic rings. The molecular formula is C18H34FN. The first kappa shape index (κ1) is 19.4. The smallest absolute Gasteiger partial charge is 0.102 e. The van der Waals surface area contributed by atoms with E-state index in [1.54, 1.807) is 4.90 Å². The molecule has 0 aromatic carbocycles. The summed E-state index contributed by atoms with van der Waals surface area (Å²) >= 11 is 0. The second kappa shape index (κ2) is 13.4. The monoisotopic (exact) mass is 283 g/mol. The standard InChI is InChI=1S/C18H33N.FH/c1-3-5-6-7-8-9-10-11-12-13-15-19-16-14-18(4-2)17-19;/h14,16-17H,3-13,15H2,1-2H3;1H. The van der Waals surface area contributed by atoms with E-state index in [9.17, 15) is 0 Å². The summed E-state index contributed by atoms with van der Waals surface area (Å²) in [6, 6.07) is 0. The fourth-order valence-corrected chi connectivity index (χ4v) is 2.74. The van der Waals surface area contributed by atoms with Gasteiger partial charge in [0.15, 0.2) is 0 Å². The maximum atomic E-state index is 2.38. The number of quaternary nitrogens is 1. The lowest BCUT2D eigenvalue weighted by Gasteiger charge is -2.06. The molecule has 0 saturated carbocycles. The van der Waals surface area contributed by atoms with Crippen LogP contribution in [0, 0.1) is 0 Å². The van der Waals surface area contributed by atoms with Gasteiger partial charge in [0, 0.05) is 11.6 Å². The lowest BCUT2D eigenvalue weighted by Crippen LogP contribution is -3.01. The Bertz CT molecular complexity index is 271. The molecule has 0 fully saturated rings. The Labute approximate surface area is 125 Å². The molecule has 1 rings (SSSR count). The van der Waals surface area contributed by atoms with Gasteiger partial charge in [0.05, 0.1) is 12.7 Å². The highest BCUT2D eigenvalue weighted by molar-refractivity contribution is 5.17. The summed E-state index contributed by atoms with van der Waals surface area (Å²) in [6.07, 6.45) is 22.5. The summed E-state index contributed by atoms with van der Waals surface area (Å²) in [7, 11) is 0. The van der Waals surface area contributed by atoms with Crippen LogP contribution < -0.4 is 9.60 Å². The summed E-state index contributed by atoms with van der Waals surface area (Å²) < 4.78 is 0. The van der Waals surface area contributed by atoms with Crippen LogP contribution in [0.2, 0.25) is 0 Å². The Morgan fingerprint density at radius 2 is 1.35 bits per heavy atom. The summed E-state index contributed by atoms with van der Waals surface area (Å²) in [5, 5.41) is 0. The van der Waals surface area contributed by atoms with E-state index in [4.69, 9.17) is 0 Å². The minimum Gasteiger partial charge on any atom is -1.00 e. The van der Waals surface area contributed by atoms with Gasteiger partial charge in [-0.25, -0.2) is 0 Å². The Balaban J connectivity index is 0.00000361. The van der Waals surface area contributed by atoms with Gasteiger partial charge in [-0.3, -0.25) is 4.90 Å². The molecule has 1 aliphatic rings. The predicted molar refractivity (Wildman–Crippen MR) is 85.2 cm³/mol. The first-order valence-electron chi connectivity index (χ1n) is 8.61. The molecule has 0 amide bonds. The van der Waals surface area contributed by atoms with Crippen LogP contribution in [0.4, 0.5) is 0 Å². The molecule has 0 aliphatic carbocycles. The van der Waals surface area contributed by atoms with Gasteiger partial charge >= 0.3 is 0 Å². The topological polar surface area (TPSA) is 4.44 Å². The van der Waals surface area contributed by atoms with Gasteiger partial charge in [0.25, 0.3) is 0 Å². The molecular weight excluding hydrogens is 249 g/mol. The second-order valence-electron chi connectivity index (χ2n) is 5.91. The molecule has 1 N–H and O–H groups in total. The molecule has 1 aliphatic heterocycles. The van der Waals surface area contributed by atoms with Crippen molar-refractivity contribution in [2.45, 2.75) is 84.5 Å². The van der Waals surface area contributed by atoms with Gasteiger partial charge < -0.3 is 4.70 Å². The summed E-state index contributed by atoms with van der Waals surface area (Å²) in [4.78, 5) is 1.55. The number of rotatable bonds is 12. The van der Waals surface area contributed by atoms with Gasteiger partial charge in [0.1, 0.15) is 6.20 Å². The van der Waals surface area contributed by atoms with Crippen molar-refractivity contribution in [1.29, 1.82) is 0 Å². The van der Waals surface area contributed by atoms with E-state index < -0.39 is 0 Å². The Hall–Kier alpha value is -0.630. The van der Waals surface area contributed by atoms with Crippen LogP contribution in [0.25, 0.3) is 0 Å². The maximum Gasteiger partial charge on any atom is 0.102 e. The lowest BCUT2D eigenvalue weighted by atomic mass is 10.1. The van der Waals surface area contributed by atoms with E-state index in [1.165, 1.54) is 82.7 Å². The van der Waals surface area contributed by atoms with Crippen molar-refractivity contribution in [2.75, 3.05) is 6.54 Å². The average molecular weight is 283 g/mol. The molecule has 2 heteroatoms. The number of nitrogens with one attached hydrogen (secondary N) is 1. The zero-order valence-corrected chi connectivity index (χ0v) is 13.6. The summed E-state index contributed by atoms with van der Waals surface area (Å²) in [5.74, 6) is 0. The lowest BCUT2D eigenvalue weighted by molar-refractivity contribution is -0.788. The molecule has 1 unspecified atom stereocenters. The largest absolute Gasteiger partial charge is 1.00 e. The van der Waals surface area contributed by atoms with E-state index in [0.717, 1.165) is 0 Å². The highest BCUT2D eigenvalue weighted by Crippen LogP contribution is 2.10. The van der Waals surface area contributed by atoms with Crippen LogP contribution in [0.5, 0.6) is 0 Å². The van der Waals surface area contributed by atoms with E-state index in [0.29, 0.717) is 0 Å². The highest BCUT2D eigenvalue weighted by atomic mass is 19.0. The zero-order chi connectivity index (χ0) is 13.8. The van der Waals surface area contributed by atoms with Crippen molar-refractivity contribution in [1.82, 2.24) is 0 Å². The second-order valence-corrected chi connectivity index (χ2v) is 5.91. The van der Waals surface area contributed by atoms with Crippen molar-refractivity contribution >= 4 is 0 Å². The van der Waals surface area contributed by atoms with Crippen molar-refractivity contribution in [3.05, 3.63) is 24.0 Å². The van der Waals surface area contributed by atoms with Crippen LogP contribution in [0.15, 0.2) is 24.0 Å². The third kappa shape index (κ3) is 9.30. The number of hydrogen-bond donors (Lipinski definition) is 1. The van der Waals surface area contributed by atoms with Crippen LogP contribution in [-0.2, 0) is 0 Å². The molecule has 0 spiro atoms. The number of allylic oxidation sites excluding steroid dienone is 2. The minimum atomic E-state index is 0. The van der Waals surface area contributed by atoms with E-state index >= 15 is 0 Å². The quantitative estimate of drug-likeness (QED) is 0.519.